The van der Waals surface area contributed by atoms with E-state index in [1.807, 2.05) is 0 Å². The van der Waals surface area contributed by atoms with Crippen molar-refractivity contribution in [3.05, 3.63) is 33.1 Å². The quantitative estimate of drug-likeness (QED) is 0.700. The molecule has 1 saturated heterocycles. The Bertz CT molecular complexity index is 454. The van der Waals surface area contributed by atoms with E-state index < -0.39 is 0 Å². The standard InChI is InChI=1S/C10H15N3O2/c1-12-6-4-9(14)13(10(12)15)7-8-3-2-5-11-8/h4,6,8,11H,2-3,5,7H2,1H3/t8-/m1/s1. The van der Waals surface area contributed by atoms with E-state index in [0.29, 0.717) is 6.54 Å². The smallest absolute Gasteiger partial charge is 0.312 e. The van der Waals surface area contributed by atoms with Crippen molar-refractivity contribution >= 4 is 0 Å². The van der Waals surface area contributed by atoms with Crippen LogP contribution in [0.1, 0.15) is 12.8 Å². The van der Waals surface area contributed by atoms with Crippen LogP contribution in [0.5, 0.6) is 0 Å². The highest BCUT2D eigenvalue weighted by Crippen LogP contribution is 2.05. The van der Waals surface area contributed by atoms with Crippen LogP contribution in [0, 0.1) is 0 Å². The molecule has 1 aliphatic heterocycles. The summed E-state index contributed by atoms with van der Waals surface area (Å²) in [5, 5.41) is 3.27. The van der Waals surface area contributed by atoms with Gasteiger partial charge < -0.3 is 9.88 Å². The van der Waals surface area contributed by atoms with Crippen LogP contribution in [0.15, 0.2) is 21.9 Å². The van der Waals surface area contributed by atoms with Gasteiger partial charge in [-0.25, -0.2) is 4.79 Å². The molecule has 0 spiro atoms. The average Bonchev–Trinajstić information content (AvgIpc) is 2.71. The lowest BCUT2D eigenvalue weighted by atomic mass is 10.2. The van der Waals surface area contributed by atoms with E-state index in [-0.39, 0.29) is 17.3 Å². The Morgan fingerprint density at radius 3 is 3.00 bits per heavy atom. The minimum Gasteiger partial charge on any atom is -0.312 e. The fourth-order valence-corrected chi connectivity index (χ4v) is 1.91. The van der Waals surface area contributed by atoms with Crippen LogP contribution in [-0.4, -0.2) is 21.7 Å². The van der Waals surface area contributed by atoms with Crippen LogP contribution < -0.4 is 16.6 Å². The second kappa shape index (κ2) is 4.02. The number of hydrogen-bond acceptors (Lipinski definition) is 3. The van der Waals surface area contributed by atoms with E-state index in [2.05, 4.69) is 5.32 Å². The van der Waals surface area contributed by atoms with Crippen LogP contribution in [-0.2, 0) is 13.6 Å². The topological polar surface area (TPSA) is 56.0 Å². The van der Waals surface area contributed by atoms with E-state index >= 15 is 0 Å². The second-order valence-electron chi connectivity index (χ2n) is 3.95. The summed E-state index contributed by atoms with van der Waals surface area (Å²) in [7, 11) is 1.65. The van der Waals surface area contributed by atoms with Gasteiger partial charge in [-0.2, -0.15) is 0 Å². The van der Waals surface area contributed by atoms with Crippen molar-refractivity contribution < 1.29 is 0 Å². The maximum Gasteiger partial charge on any atom is 0.330 e. The Morgan fingerprint density at radius 2 is 2.33 bits per heavy atom. The zero-order valence-corrected chi connectivity index (χ0v) is 8.77. The van der Waals surface area contributed by atoms with Crippen molar-refractivity contribution in [3.63, 3.8) is 0 Å². The van der Waals surface area contributed by atoms with Gasteiger partial charge in [-0.05, 0) is 19.4 Å². The number of nitrogens with zero attached hydrogens (tertiary/aromatic N) is 2. The summed E-state index contributed by atoms with van der Waals surface area (Å²) in [4.78, 5) is 23.2. The molecule has 1 atom stereocenters. The molecule has 0 amide bonds. The predicted molar refractivity (Wildman–Crippen MR) is 57.0 cm³/mol. The summed E-state index contributed by atoms with van der Waals surface area (Å²) >= 11 is 0. The summed E-state index contributed by atoms with van der Waals surface area (Å²) in [5.74, 6) is 0. The van der Waals surface area contributed by atoms with Gasteiger partial charge in [0.1, 0.15) is 0 Å². The first-order chi connectivity index (χ1) is 7.18. The Kier molecular flexibility index (Phi) is 2.73. The van der Waals surface area contributed by atoms with Crippen molar-refractivity contribution in [2.24, 2.45) is 7.05 Å². The molecule has 0 radical (unpaired) electrons. The fourth-order valence-electron chi connectivity index (χ4n) is 1.91. The van der Waals surface area contributed by atoms with Crippen molar-refractivity contribution in [2.45, 2.75) is 25.4 Å². The van der Waals surface area contributed by atoms with Gasteiger partial charge in [0.25, 0.3) is 5.56 Å². The molecule has 2 rings (SSSR count). The normalized spacial score (nSPS) is 20.7. The van der Waals surface area contributed by atoms with Gasteiger partial charge in [0.05, 0.1) is 0 Å². The molecule has 0 bridgehead atoms. The van der Waals surface area contributed by atoms with Crippen molar-refractivity contribution in [1.29, 1.82) is 0 Å². The molecule has 1 aromatic rings. The summed E-state index contributed by atoms with van der Waals surface area (Å²) < 4.78 is 2.72. The SMILES string of the molecule is Cn1ccc(=O)n(C[C@H]2CCCN2)c1=O. The van der Waals surface area contributed by atoms with E-state index in [4.69, 9.17) is 0 Å². The molecule has 0 aliphatic carbocycles. The molecule has 1 fully saturated rings. The highest BCUT2D eigenvalue weighted by molar-refractivity contribution is 4.87. The summed E-state index contributed by atoms with van der Waals surface area (Å²) in [5.41, 5.74) is -0.456. The molecule has 5 nitrogen and oxygen atoms in total. The Balaban J connectivity index is 2.30. The molecular formula is C10H15N3O2. The molecular weight excluding hydrogens is 194 g/mol. The number of hydrogen-bond donors (Lipinski definition) is 1. The lowest BCUT2D eigenvalue weighted by Gasteiger charge is -2.12. The number of aryl methyl sites for hydroxylation is 1. The number of aromatic nitrogens is 2. The molecule has 0 aromatic carbocycles. The van der Waals surface area contributed by atoms with Crippen LogP contribution in [0.2, 0.25) is 0 Å². The monoisotopic (exact) mass is 209 g/mol. The molecule has 2 heterocycles. The third-order valence-electron chi connectivity index (χ3n) is 2.80. The molecule has 1 N–H and O–H groups in total. The lowest BCUT2D eigenvalue weighted by molar-refractivity contribution is 0.473. The van der Waals surface area contributed by atoms with Crippen molar-refractivity contribution in [3.8, 4) is 0 Å². The van der Waals surface area contributed by atoms with Gasteiger partial charge in [-0.1, -0.05) is 0 Å². The van der Waals surface area contributed by atoms with E-state index in [1.165, 1.54) is 21.4 Å². The first-order valence-electron chi connectivity index (χ1n) is 5.18. The Hall–Kier alpha value is -1.36. The van der Waals surface area contributed by atoms with Crippen LogP contribution >= 0.6 is 0 Å². The molecule has 82 valence electrons. The molecule has 1 aromatic heterocycles. The van der Waals surface area contributed by atoms with Gasteiger partial charge >= 0.3 is 5.69 Å². The third-order valence-corrected chi connectivity index (χ3v) is 2.80. The molecule has 15 heavy (non-hydrogen) atoms. The van der Waals surface area contributed by atoms with Gasteiger partial charge in [0, 0.05) is 31.9 Å². The summed E-state index contributed by atoms with van der Waals surface area (Å²) in [6.45, 7) is 1.46. The number of rotatable bonds is 2. The van der Waals surface area contributed by atoms with E-state index in [0.717, 1.165) is 19.4 Å². The lowest BCUT2D eigenvalue weighted by Crippen LogP contribution is -2.42. The van der Waals surface area contributed by atoms with Crippen molar-refractivity contribution in [2.75, 3.05) is 6.54 Å². The van der Waals surface area contributed by atoms with Gasteiger partial charge in [0.15, 0.2) is 0 Å². The van der Waals surface area contributed by atoms with Gasteiger partial charge in [0.2, 0.25) is 0 Å². The minimum absolute atomic E-state index is 0.216. The zero-order chi connectivity index (χ0) is 10.8. The first-order valence-corrected chi connectivity index (χ1v) is 5.18. The molecule has 1 aliphatic rings. The third kappa shape index (κ3) is 2.02. The fraction of sp³-hybridized carbons (Fsp3) is 0.600. The molecule has 0 unspecified atom stereocenters. The first kappa shape index (κ1) is 10.2. The van der Waals surface area contributed by atoms with Crippen molar-refractivity contribution in [1.82, 2.24) is 14.5 Å². The summed E-state index contributed by atoms with van der Waals surface area (Å²) in [6.07, 6.45) is 3.65. The number of nitrogens with one attached hydrogen (secondary N) is 1. The highest BCUT2D eigenvalue weighted by Gasteiger charge is 2.16. The maximum atomic E-state index is 11.7. The highest BCUT2D eigenvalue weighted by atomic mass is 16.2. The predicted octanol–water partition coefficient (Wildman–Crippen LogP) is -0.701. The molecule has 5 heteroatoms. The summed E-state index contributed by atoms with van der Waals surface area (Å²) in [6, 6.07) is 1.69. The second-order valence-corrected chi connectivity index (χ2v) is 3.95. The Morgan fingerprint density at radius 1 is 1.53 bits per heavy atom. The zero-order valence-electron chi connectivity index (χ0n) is 8.77. The molecule has 0 saturated carbocycles. The maximum absolute atomic E-state index is 11.7. The largest absolute Gasteiger partial charge is 0.330 e. The van der Waals surface area contributed by atoms with Gasteiger partial charge in [-0.3, -0.25) is 9.36 Å². The average molecular weight is 209 g/mol. The van der Waals surface area contributed by atoms with E-state index in [9.17, 15) is 9.59 Å². The van der Waals surface area contributed by atoms with Crippen LogP contribution in [0.3, 0.4) is 0 Å². The minimum atomic E-state index is -0.240. The van der Waals surface area contributed by atoms with Crippen LogP contribution in [0.4, 0.5) is 0 Å². The van der Waals surface area contributed by atoms with Gasteiger partial charge in [-0.15, -0.1) is 0 Å². The van der Waals surface area contributed by atoms with Crippen LogP contribution in [0.25, 0.3) is 0 Å². The van der Waals surface area contributed by atoms with E-state index in [1.54, 1.807) is 7.05 Å². The Labute approximate surface area is 87.3 Å².